The standard InChI is InChI=1S/C12H24NO5.C7H8O3S/c1-13(5-3-4-6-13)7-8-9(14)10(15)11(16)12(17-2)18-8;1-6-2-4-7(5-3-6)11(8,9)10/h8-12,14-16H,3-7H2,1-2H3;2-5H,1H3,(H,8,9,10)/q+1;/p-1/t8-,9-,10+,11-,12+;/m1./s1. The third-order valence-electron chi connectivity index (χ3n) is 5.48. The molecule has 2 aliphatic rings. The molecule has 2 fully saturated rings. The van der Waals surface area contributed by atoms with Gasteiger partial charge in [-0.25, -0.2) is 8.42 Å². The van der Waals surface area contributed by atoms with Crippen LogP contribution in [-0.2, 0) is 19.6 Å². The highest BCUT2D eigenvalue weighted by molar-refractivity contribution is 7.85. The van der Waals surface area contributed by atoms with Crippen LogP contribution in [-0.4, -0.2) is 97.3 Å². The van der Waals surface area contributed by atoms with Gasteiger partial charge in [0.2, 0.25) is 0 Å². The zero-order valence-corrected chi connectivity index (χ0v) is 17.8. The molecule has 2 aliphatic heterocycles. The van der Waals surface area contributed by atoms with Gasteiger partial charge in [-0.15, -0.1) is 0 Å². The Morgan fingerprint density at radius 3 is 2.14 bits per heavy atom. The van der Waals surface area contributed by atoms with Crippen molar-refractivity contribution in [2.24, 2.45) is 0 Å². The van der Waals surface area contributed by atoms with E-state index in [0.29, 0.717) is 6.54 Å². The highest BCUT2D eigenvalue weighted by atomic mass is 32.2. The van der Waals surface area contributed by atoms with E-state index in [1.54, 1.807) is 12.1 Å². The lowest BCUT2D eigenvalue weighted by Gasteiger charge is -2.42. The summed E-state index contributed by atoms with van der Waals surface area (Å²) in [6.07, 6.45) is -2.51. The Hall–Kier alpha value is -1.11. The molecule has 166 valence electrons. The molecule has 2 saturated heterocycles. The zero-order chi connectivity index (χ0) is 21.8. The Balaban J connectivity index is 0.000000234. The topological polar surface area (TPSA) is 136 Å². The number of aliphatic hydroxyl groups is 3. The van der Waals surface area contributed by atoms with Gasteiger partial charge in [0, 0.05) is 20.0 Å². The van der Waals surface area contributed by atoms with Gasteiger partial charge in [-0.3, -0.25) is 0 Å². The van der Waals surface area contributed by atoms with E-state index in [9.17, 15) is 28.3 Å². The van der Waals surface area contributed by atoms with Crippen molar-refractivity contribution in [2.75, 3.05) is 33.8 Å². The fourth-order valence-electron chi connectivity index (χ4n) is 3.68. The molecule has 3 rings (SSSR count). The van der Waals surface area contributed by atoms with Crippen LogP contribution in [0.15, 0.2) is 29.2 Å². The van der Waals surface area contributed by atoms with E-state index in [2.05, 4.69) is 7.05 Å². The molecule has 0 amide bonds. The van der Waals surface area contributed by atoms with E-state index in [1.165, 1.54) is 32.1 Å². The first-order valence-corrected chi connectivity index (χ1v) is 11.0. The molecule has 2 heterocycles. The molecule has 0 aliphatic carbocycles. The van der Waals surface area contributed by atoms with E-state index in [-0.39, 0.29) is 4.90 Å². The number of aliphatic hydroxyl groups excluding tert-OH is 3. The summed E-state index contributed by atoms with van der Waals surface area (Å²) in [5.41, 5.74) is 0.928. The molecule has 0 aromatic heterocycles. The number of hydrogen-bond acceptors (Lipinski definition) is 8. The predicted octanol–water partition coefficient (Wildman–Crippen LogP) is -0.420. The van der Waals surface area contributed by atoms with Crippen LogP contribution in [0.2, 0.25) is 0 Å². The van der Waals surface area contributed by atoms with Crippen LogP contribution in [0.4, 0.5) is 0 Å². The molecule has 1 aromatic rings. The summed E-state index contributed by atoms with van der Waals surface area (Å²) in [6, 6.07) is 5.78. The average Bonchev–Trinajstić information content (AvgIpc) is 3.08. The quantitative estimate of drug-likeness (QED) is 0.430. The molecule has 0 unspecified atom stereocenters. The molecule has 0 radical (unpaired) electrons. The minimum atomic E-state index is -4.27. The second kappa shape index (κ2) is 9.80. The fourth-order valence-corrected chi connectivity index (χ4v) is 4.15. The van der Waals surface area contributed by atoms with Crippen molar-refractivity contribution in [3.63, 3.8) is 0 Å². The summed E-state index contributed by atoms with van der Waals surface area (Å²) in [5, 5.41) is 29.5. The number of benzene rings is 1. The summed E-state index contributed by atoms with van der Waals surface area (Å²) in [7, 11) is -0.724. The summed E-state index contributed by atoms with van der Waals surface area (Å²) >= 11 is 0. The normalized spacial score (nSPS) is 31.8. The lowest BCUT2D eigenvalue weighted by atomic mass is 9.98. The molecule has 0 saturated carbocycles. The third-order valence-corrected chi connectivity index (χ3v) is 6.33. The zero-order valence-electron chi connectivity index (χ0n) is 17.0. The van der Waals surface area contributed by atoms with Crippen molar-refractivity contribution in [2.45, 2.75) is 55.4 Å². The van der Waals surface area contributed by atoms with Crippen molar-refractivity contribution >= 4 is 10.1 Å². The monoisotopic (exact) mass is 433 g/mol. The second-order valence-electron chi connectivity index (χ2n) is 7.97. The predicted molar refractivity (Wildman–Crippen MR) is 103 cm³/mol. The van der Waals surface area contributed by atoms with Crippen LogP contribution in [0, 0.1) is 6.92 Å². The van der Waals surface area contributed by atoms with E-state index < -0.39 is 40.8 Å². The van der Waals surface area contributed by atoms with Gasteiger partial charge in [0.15, 0.2) is 6.29 Å². The van der Waals surface area contributed by atoms with Crippen molar-refractivity contribution < 1.29 is 42.2 Å². The van der Waals surface area contributed by atoms with Gasteiger partial charge in [0.1, 0.15) is 41.1 Å². The highest BCUT2D eigenvalue weighted by Gasteiger charge is 2.47. The van der Waals surface area contributed by atoms with Crippen LogP contribution in [0.25, 0.3) is 0 Å². The van der Waals surface area contributed by atoms with Crippen LogP contribution in [0.3, 0.4) is 0 Å². The maximum atomic E-state index is 10.4. The maximum absolute atomic E-state index is 10.4. The van der Waals surface area contributed by atoms with Crippen molar-refractivity contribution in [3.05, 3.63) is 29.8 Å². The molecular weight excluding hydrogens is 402 g/mol. The Labute approximate surface area is 171 Å². The van der Waals surface area contributed by atoms with Gasteiger partial charge >= 0.3 is 0 Å². The molecule has 10 heteroatoms. The Morgan fingerprint density at radius 2 is 1.66 bits per heavy atom. The minimum Gasteiger partial charge on any atom is -0.744 e. The number of methoxy groups -OCH3 is 1. The first-order valence-electron chi connectivity index (χ1n) is 9.55. The van der Waals surface area contributed by atoms with Crippen molar-refractivity contribution in [1.29, 1.82) is 0 Å². The number of nitrogens with zero attached hydrogens (tertiary/aromatic N) is 1. The third kappa shape index (κ3) is 6.43. The molecular formula is C19H31NO8S. The van der Waals surface area contributed by atoms with E-state index in [0.717, 1.165) is 23.1 Å². The lowest BCUT2D eigenvalue weighted by Crippen LogP contribution is -2.62. The van der Waals surface area contributed by atoms with Crippen molar-refractivity contribution in [1.82, 2.24) is 0 Å². The lowest BCUT2D eigenvalue weighted by molar-refractivity contribution is -0.901. The van der Waals surface area contributed by atoms with E-state index in [4.69, 9.17) is 9.47 Å². The Kier molecular flexibility index (Phi) is 8.16. The number of rotatable bonds is 4. The largest absolute Gasteiger partial charge is 0.744 e. The van der Waals surface area contributed by atoms with Crippen LogP contribution < -0.4 is 0 Å². The Morgan fingerprint density at radius 1 is 1.10 bits per heavy atom. The van der Waals surface area contributed by atoms with Gasteiger partial charge in [-0.2, -0.15) is 0 Å². The summed E-state index contributed by atoms with van der Waals surface area (Å²) < 4.78 is 42.6. The number of ether oxygens (including phenoxy) is 2. The molecule has 3 N–H and O–H groups in total. The van der Waals surface area contributed by atoms with Gasteiger partial charge < -0.3 is 33.8 Å². The number of hydrogen-bond donors (Lipinski definition) is 3. The first-order chi connectivity index (χ1) is 13.5. The van der Waals surface area contributed by atoms with Crippen molar-refractivity contribution in [3.8, 4) is 0 Å². The van der Waals surface area contributed by atoms with Crippen LogP contribution in [0.1, 0.15) is 18.4 Å². The van der Waals surface area contributed by atoms with Gasteiger partial charge in [0.25, 0.3) is 0 Å². The Bertz CT molecular complexity index is 746. The van der Waals surface area contributed by atoms with Crippen LogP contribution >= 0.6 is 0 Å². The molecule has 0 bridgehead atoms. The fraction of sp³-hybridized carbons (Fsp3) is 0.684. The van der Waals surface area contributed by atoms with Crippen LogP contribution in [0.5, 0.6) is 0 Å². The summed E-state index contributed by atoms with van der Waals surface area (Å²) in [4.78, 5) is -0.178. The summed E-state index contributed by atoms with van der Waals surface area (Å²) in [6.45, 7) is 4.57. The highest BCUT2D eigenvalue weighted by Crippen LogP contribution is 2.26. The molecule has 0 spiro atoms. The molecule has 9 nitrogen and oxygen atoms in total. The number of quaternary nitrogens is 1. The average molecular weight is 434 g/mol. The SMILES string of the molecule is CO[C@H]1O[C@H](C[N+]2(C)CCCC2)[C@@H](O)[C@H](O)[C@H]1O.Cc1ccc(S(=O)(=O)[O-])cc1. The first kappa shape index (κ1) is 24.2. The second-order valence-corrected chi connectivity index (χ2v) is 9.35. The number of likely N-dealkylation sites (tertiary alicyclic amines) is 1. The van der Waals surface area contributed by atoms with Gasteiger partial charge in [0.05, 0.1) is 25.0 Å². The maximum Gasteiger partial charge on any atom is 0.186 e. The molecule has 5 atom stereocenters. The number of likely N-dealkylation sites (N-methyl/N-ethyl adjacent to an activating group) is 1. The molecule has 29 heavy (non-hydrogen) atoms. The van der Waals surface area contributed by atoms with Gasteiger partial charge in [-0.1, -0.05) is 17.7 Å². The van der Waals surface area contributed by atoms with E-state index >= 15 is 0 Å². The number of aryl methyl sites for hydroxylation is 1. The van der Waals surface area contributed by atoms with E-state index in [1.807, 2.05) is 6.92 Å². The van der Waals surface area contributed by atoms with Gasteiger partial charge in [-0.05, 0) is 19.1 Å². The minimum absolute atomic E-state index is 0.178. The summed E-state index contributed by atoms with van der Waals surface area (Å²) in [5.74, 6) is 0. The smallest absolute Gasteiger partial charge is 0.186 e. The molecule has 1 aromatic carbocycles.